The fraction of sp³-hybridized carbons (Fsp3) is 0.529. The lowest BCUT2D eigenvalue weighted by Gasteiger charge is -2.44. The standard InChI is InChI=1S/C68H84F2N12O8S/c1-10-43-12-11-13-46-28-49(83)29-51(57(43)46)59-58(69)60-52(32-71-59)62(79-34-47-18-19-48(35-79)82(47)66(87)89-67(7,8)9)75-65(74-60)88-27-26-77-22-20-68(70,21-23-77)37-78-24-25-80(40(4)33-78)55-31-54(90-76-55)56(39(2)3)64(86)81-36-50(84)30-53(81)63(85)73-41(5)44-14-16-45(17-15-44)61-42(6)72-38-91-61/h11-17,28-29,31-32,38-41,47-48,50,53,56,83-84H,10,18-27,30,33-37H2,1-9H3,(H,73,85)/t40-,41+,47?,48?,50-,53+,56-/m1/s1. The number of piperazine rings is 2. The second-order valence-electron chi connectivity index (χ2n) is 27.0. The van der Waals surface area contributed by atoms with Gasteiger partial charge in [-0.15, -0.1) is 11.3 Å². The van der Waals surface area contributed by atoms with Crippen LogP contribution in [0.5, 0.6) is 11.8 Å². The lowest BCUT2D eigenvalue weighted by molar-refractivity contribution is -0.141. The largest absolute Gasteiger partial charge is 0.508 e. The number of aliphatic hydroxyl groups excluding tert-OH is 1. The minimum atomic E-state index is -1.42. The third-order valence-electron chi connectivity index (χ3n) is 19.0. The van der Waals surface area contributed by atoms with E-state index in [0.29, 0.717) is 100.0 Å². The molecule has 0 aliphatic carbocycles. The van der Waals surface area contributed by atoms with E-state index in [0.717, 1.165) is 50.9 Å². The Morgan fingerprint density at radius 3 is 2.36 bits per heavy atom. The fourth-order valence-electron chi connectivity index (χ4n) is 14.4. The number of aryl methyl sites for hydroxylation is 2. The lowest BCUT2D eigenvalue weighted by Crippen LogP contribution is -2.57. The molecule has 5 aliphatic heterocycles. The van der Waals surface area contributed by atoms with Gasteiger partial charge in [0.05, 0.1) is 45.7 Å². The molecule has 3 amide bonds. The van der Waals surface area contributed by atoms with Crippen LogP contribution in [0.3, 0.4) is 0 Å². The van der Waals surface area contributed by atoms with Gasteiger partial charge in [0, 0.05) is 95.7 Å². The van der Waals surface area contributed by atoms with Crippen molar-refractivity contribution in [1.29, 1.82) is 0 Å². The van der Waals surface area contributed by atoms with Crippen LogP contribution in [0.2, 0.25) is 0 Å². The number of anilines is 2. The summed E-state index contributed by atoms with van der Waals surface area (Å²) in [7, 11) is 0. The highest BCUT2D eigenvalue weighted by Gasteiger charge is 2.47. The number of phenols is 1. The van der Waals surface area contributed by atoms with Crippen LogP contribution in [0, 0.1) is 18.7 Å². The number of halogens is 2. The molecule has 9 heterocycles. The van der Waals surface area contributed by atoms with Crippen LogP contribution in [0.25, 0.3) is 43.4 Å². The highest BCUT2D eigenvalue weighted by molar-refractivity contribution is 7.13. The molecule has 5 fully saturated rings. The number of pyridine rings is 1. The van der Waals surface area contributed by atoms with Crippen molar-refractivity contribution in [2.75, 3.05) is 81.9 Å². The first-order chi connectivity index (χ1) is 43.5. The number of nitrogens with zero attached hydrogens (tertiary/aromatic N) is 11. The van der Waals surface area contributed by atoms with E-state index in [1.165, 1.54) is 4.90 Å². The van der Waals surface area contributed by atoms with Gasteiger partial charge < -0.3 is 44.2 Å². The number of aromatic hydroxyl groups is 1. The number of β-amino-alcohol motifs (C(OH)–C–C–N with tert-alkyl or cyclic N) is 1. The van der Waals surface area contributed by atoms with Crippen molar-refractivity contribution in [1.82, 2.24) is 50.0 Å². The number of rotatable bonds is 17. The topological polar surface area (TPSA) is 219 Å². The van der Waals surface area contributed by atoms with Gasteiger partial charge in [0.2, 0.25) is 11.8 Å². The molecule has 0 radical (unpaired) electrons. The number of aromatic nitrogens is 5. The Labute approximate surface area is 533 Å². The summed E-state index contributed by atoms with van der Waals surface area (Å²) in [6, 6.07) is 17.2. The van der Waals surface area contributed by atoms with Gasteiger partial charge in [0.25, 0.3) is 0 Å². The number of fused-ring (bicyclic) bond motifs is 4. The molecule has 23 heteroatoms. The number of carbonyl (C=O) groups is 3. The number of piperidine rings is 1. The normalized spacial score (nSPS) is 22.1. The molecule has 12 rings (SSSR count). The highest BCUT2D eigenvalue weighted by atomic mass is 32.1. The van der Waals surface area contributed by atoms with Gasteiger partial charge in [0.1, 0.15) is 52.6 Å². The van der Waals surface area contributed by atoms with E-state index in [1.54, 1.807) is 29.7 Å². The molecule has 91 heavy (non-hydrogen) atoms. The SMILES string of the molecule is CCc1cccc2cc(O)cc(-c3ncc4c(N5CC6CCC(C5)N6C(=O)OC(C)(C)C)nc(OCCN5CCC(F)(CN6CCN(c7cc([C@H](C(=O)N8C[C@H](O)C[C@H]8C(=O)N[C@@H](C)c8ccc(-c9scnc9C)cc8)C(C)C)on7)[C@H](C)C6)CC5)nc4c3F)c12. The maximum Gasteiger partial charge on any atom is 0.410 e. The number of benzene rings is 3. The minimum Gasteiger partial charge on any atom is -0.508 e. The second kappa shape index (κ2) is 25.8. The quantitative estimate of drug-likeness (QED) is 0.0772. The van der Waals surface area contributed by atoms with E-state index in [-0.39, 0.29) is 97.1 Å². The Bertz CT molecular complexity index is 3800. The Balaban J connectivity index is 0.667. The first-order valence-electron chi connectivity index (χ1n) is 32.2. The van der Waals surface area contributed by atoms with E-state index in [9.17, 15) is 24.6 Å². The van der Waals surface area contributed by atoms with Crippen LogP contribution < -0.4 is 19.9 Å². The molecule has 7 aromatic rings. The molecule has 3 N–H and O–H groups in total. The van der Waals surface area contributed by atoms with Gasteiger partial charge in [-0.3, -0.25) is 29.3 Å². The summed E-state index contributed by atoms with van der Waals surface area (Å²) < 4.78 is 52.5. The number of hydrogen-bond acceptors (Lipinski definition) is 18. The zero-order valence-electron chi connectivity index (χ0n) is 53.5. The maximum atomic E-state index is 17.4. The van der Waals surface area contributed by atoms with E-state index >= 15 is 8.78 Å². The maximum absolute atomic E-state index is 17.4. The van der Waals surface area contributed by atoms with E-state index in [1.807, 2.05) is 114 Å². The van der Waals surface area contributed by atoms with Crippen molar-refractivity contribution in [2.24, 2.45) is 5.92 Å². The molecular weight excluding hydrogens is 1180 g/mol. The Morgan fingerprint density at radius 2 is 1.68 bits per heavy atom. The molecule has 5 saturated heterocycles. The average molecular weight is 1270 g/mol. The van der Waals surface area contributed by atoms with Gasteiger partial charge in [-0.2, -0.15) is 9.97 Å². The summed E-state index contributed by atoms with van der Waals surface area (Å²) in [4.78, 5) is 73.6. The van der Waals surface area contributed by atoms with Crippen LogP contribution >= 0.6 is 11.3 Å². The van der Waals surface area contributed by atoms with Crippen LogP contribution in [0.15, 0.2) is 76.9 Å². The number of alkyl halides is 1. The summed E-state index contributed by atoms with van der Waals surface area (Å²) in [5.41, 5.74) is 4.17. The Hall–Kier alpha value is -7.60. The highest BCUT2D eigenvalue weighted by Crippen LogP contribution is 2.42. The molecule has 0 saturated carbocycles. The third kappa shape index (κ3) is 13.3. The van der Waals surface area contributed by atoms with Gasteiger partial charge in [-0.25, -0.2) is 18.6 Å². The number of amides is 3. The van der Waals surface area contributed by atoms with Crippen LogP contribution in [-0.2, 0) is 20.7 Å². The van der Waals surface area contributed by atoms with E-state index in [2.05, 4.69) is 42.0 Å². The van der Waals surface area contributed by atoms with Crippen molar-refractivity contribution >= 4 is 62.6 Å². The number of likely N-dealkylation sites (tertiary alicyclic amines) is 2. The summed E-state index contributed by atoms with van der Waals surface area (Å²) in [6.45, 7) is 22.0. The zero-order valence-corrected chi connectivity index (χ0v) is 54.3. The number of ether oxygens (including phenoxy) is 2. The van der Waals surface area contributed by atoms with Crippen molar-refractivity contribution in [3.05, 3.63) is 101 Å². The molecule has 2 bridgehead atoms. The monoisotopic (exact) mass is 1270 g/mol. The molecule has 4 aromatic heterocycles. The van der Waals surface area contributed by atoms with Crippen molar-refractivity contribution in [3.63, 3.8) is 0 Å². The van der Waals surface area contributed by atoms with Gasteiger partial charge in [0.15, 0.2) is 17.4 Å². The number of aliphatic hydroxyl groups is 1. The Morgan fingerprint density at radius 1 is 0.934 bits per heavy atom. The van der Waals surface area contributed by atoms with E-state index < -0.39 is 35.2 Å². The van der Waals surface area contributed by atoms with Crippen LogP contribution in [0.4, 0.5) is 25.2 Å². The van der Waals surface area contributed by atoms with Gasteiger partial charge in [-0.05, 0) is 119 Å². The number of hydrogen-bond donors (Lipinski definition) is 3. The molecule has 7 atom stereocenters. The molecule has 0 spiro atoms. The van der Waals surface area contributed by atoms with Crippen molar-refractivity contribution in [2.45, 2.75) is 154 Å². The third-order valence-corrected chi connectivity index (χ3v) is 20.0. The number of carbonyl (C=O) groups excluding carboxylic acids is 3. The number of thiazole rings is 1. The Kier molecular flexibility index (Phi) is 18.0. The average Bonchev–Trinajstić information content (AvgIpc) is 1.53. The predicted octanol–water partition coefficient (Wildman–Crippen LogP) is 10.2. The first kappa shape index (κ1) is 63.5. The summed E-state index contributed by atoms with van der Waals surface area (Å²) >= 11 is 1.58. The predicted molar refractivity (Wildman–Crippen MR) is 346 cm³/mol. The first-order valence-corrected chi connectivity index (χ1v) is 33.1. The van der Waals surface area contributed by atoms with Gasteiger partial charge >= 0.3 is 12.1 Å². The molecule has 2 unspecified atom stereocenters. The van der Waals surface area contributed by atoms with Crippen molar-refractivity contribution in [3.8, 4) is 33.5 Å². The molecule has 484 valence electrons. The van der Waals surface area contributed by atoms with Gasteiger partial charge in [-0.1, -0.05) is 68.4 Å². The second-order valence-corrected chi connectivity index (χ2v) is 27.9. The zero-order chi connectivity index (χ0) is 64.2. The van der Waals surface area contributed by atoms with Crippen molar-refractivity contribution < 1.29 is 47.4 Å². The van der Waals surface area contributed by atoms with Crippen LogP contribution in [0.1, 0.15) is 122 Å². The number of nitrogens with one attached hydrogen (secondary N) is 1. The summed E-state index contributed by atoms with van der Waals surface area (Å²) in [5, 5.41) is 31.3. The summed E-state index contributed by atoms with van der Waals surface area (Å²) in [5.74, 6) is -0.889. The molecular formula is C68H84F2N12O8S. The lowest BCUT2D eigenvalue weighted by atomic mass is 9.91. The summed E-state index contributed by atoms with van der Waals surface area (Å²) in [6.07, 6.45) is 3.39. The van der Waals surface area contributed by atoms with Crippen LogP contribution in [-0.4, -0.2) is 186 Å². The van der Waals surface area contributed by atoms with E-state index in [4.69, 9.17) is 28.9 Å². The molecule has 20 nitrogen and oxygen atoms in total. The minimum absolute atomic E-state index is 0.0135. The molecule has 5 aliphatic rings. The number of phenolic OH excluding ortho intramolecular Hbond substituents is 1. The smallest absolute Gasteiger partial charge is 0.410 e. The molecule has 3 aromatic carbocycles. The fourth-order valence-corrected chi connectivity index (χ4v) is 15.2.